The van der Waals surface area contributed by atoms with Crippen molar-refractivity contribution >= 4 is 22.6 Å². The van der Waals surface area contributed by atoms with Gasteiger partial charge in [0.15, 0.2) is 11.4 Å². The van der Waals surface area contributed by atoms with Gasteiger partial charge in [0.2, 0.25) is 0 Å². The van der Waals surface area contributed by atoms with Gasteiger partial charge in [-0.15, -0.1) is 0 Å². The Hall–Kier alpha value is -1.06. The first-order chi connectivity index (χ1) is 8.04. The molecule has 1 atom stereocenters. The standard InChI is InChI=1S/C13H15ClFNO/c1-4-16-8(3)12-7(2)10-5-9(14)6-11(15)13(10)17-12/h5-6,8,16H,4H2,1-3H3. The summed E-state index contributed by atoms with van der Waals surface area (Å²) >= 11 is 5.85. The van der Waals surface area contributed by atoms with Crippen molar-refractivity contribution in [1.29, 1.82) is 0 Å². The van der Waals surface area contributed by atoms with Crippen LogP contribution in [0.15, 0.2) is 16.5 Å². The van der Waals surface area contributed by atoms with Crippen LogP contribution in [0.3, 0.4) is 0 Å². The molecule has 0 fully saturated rings. The average Bonchev–Trinajstić information content (AvgIpc) is 2.57. The number of halogens is 2. The molecule has 0 bridgehead atoms. The minimum atomic E-state index is -0.412. The number of aryl methyl sites for hydroxylation is 1. The molecule has 17 heavy (non-hydrogen) atoms. The molecule has 0 aliphatic carbocycles. The minimum absolute atomic E-state index is 0.0607. The van der Waals surface area contributed by atoms with Crippen LogP contribution in [0.4, 0.5) is 4.39 Å². The van der Waals surface area contributed by atoms with Crippen LogP contribution in [0.1, 0.15) is 31.2 Å². The number of benzene rings is 1. The highest BCUT2D eigenvalue weighted by Gasteiger charge is 2.18. The number of fused-ring (bicyclic) bond motifs is 1. The fourth-order valence-corrected chi connectivity index (χ4v) is 2.28. The zero-order valence-electron chi connectivity index (χ0n) is 10.1. The first kappa shape index (κ1) is 12.4. The molecule has 1 heterocycles. The molecule has 2 aromatic rings. The molecule has 4 heteroatoms. The smallest absolute Gasteiger partial charge is 0.170 e. The number of furan rings is 1. The lowest BCUT2D eigenvalue weighted by atomic mass is 10.1. The van der Waals surface area contributed by atoms with Gasteiger partial charge in [-0.05, 0) is 32.5 Å². The van der Waals surface area contributed by atoms with E-state index in [-0.39, 0.29) is 11.6 Å². The average molecular weight is 256 g/mol. The Balaban J connectivity index is 2.60. The second-order valence-electron chi connectivity index (χ2n) is 4.13. The maximum atomic E-state index is 13.7. The van der Waals surface area contributed by atoms with E-state index in [0.717, 1.165) is 23.3 Å². The molecule has 1 aromatic carbocycles. The largest absolute Gasteiger partial charge is 0.456 e. The summed E-state index contributed by atoms with van der Waals surface area (Å²) in [5, 5.41) is 4.38. The van der Waals surface area contributed by atoms with Crippen LogP contribution in [0.25, 0.3) is 11.0 Å². The molecule has 0 radical (unpaired) electrons. The van der Waals surface area contributed by atoms with Crippen LogP contribution in [0.2, 0.25) is 5.02 Å². The lowest BCUT2D eigenvalue weighted by molar-refractivity contribution is 0.446. The van der Waals surface area contributed by atoms with Crippen molar-refractivity contribution < 1.29 is 8.81 Å². The normalized spacial score (nSPS) is 13.2. The minimum Gasteiger partial charge on any atom is -0.456 e. The van der Waals surface area contributed by atoms with Crippen molar-refractivity contribution in [3.8, 4) is 0 Å². The van der Waals surface area contributed by atoms with E-state index in [1.165, 1.54) is 6.07 Å². The van der Waals surface area contributed by atoms with E-state index in [4.69, 9.17) is 16.0 Å². The Morgan fingerprint density at radius 1 is 1.47 bits per heavy atom. The quantitative estimate of drug-likeness (QED) is 0.889. The van der Waals surface area contributed by atoms with Gasteiger partial charge in [0.25, 0.3) is 0 Å². The first-order valence-corrected chi connectivity index (χ1v) is 6.03. The van der Waals surface area contributed by atoms with E-state index in [1.54, 1.807) is 6.07 Å². The Bertz CT molecular complexity index is 550. The van der Waals surface area contributed by atoms with E-state index in [9.17, 15) is 4.39 Å². The van der Waals surface area contributed by atoms with Crippen LogP contribution >= 0.6 is 11.6 Å². The van der Waals surface area contributed by atoms with Gasteiger partial charge in [-0.3, -0.25) is 0 Å². The topological polar surface area (TPSA) is 25.2 Å². The van der Waals surface area contributed by atoms with Crippen molar-refractivity contribution in [3.05, 3.63) is 34.3 Å². The van der Waals surface area contributed by atoms with Crippen LogP contribution < -0.4 is 5.32 Å². The number of hydrogen-bond acceptors (Lipinski definition) is 2. The summed E-state index contributed by atoms with van der Waals surface area (Å²) in [5.74, 6) is 0.355. The molecule has 92 valence electrons. The molecular formula is C13H15ClFNO. The van der Waals surface area contributed by atoms with Crippen LogP contribution in [0.5, 0.6) is 0 Å². The fourth-order valence-electron chi connectivity index (χ4n) is 2.07. The second-order valence-corrected chi connectivity index (χ2v) is 4.57. The van der Waals surface area contributed by atoms with Crippen molar-refractivity contribution in [2.75, 3.05) is 6.54 Å². The molecule has 1 unspecified atom stereocenters. The van der Waals surface area contributed by atoms with Crippen molar-refractivity contribution in [1.82, 2.24) is 5.32 Å². The molecular weight excluding hydrogens is 241 g/mol. The van der Waals surface area contributed by atoms with Gasteiger partial charge in [-0.1, -0.05) is 18.5 Å². The maximum absolute atomic E-state index is 13.7. The molecule has 0 spiro atoms. The number of hydrogen-bond donors (Lipinski definition) is 1. The van der Waals surface area contributed by atoms with Crippen LogP contribution in [0, 0.1) is 12.7 Å². The van der Waals surface area contributed by atoms with Gasteiger partial charge in [-0.25, -0.2) is 4.39 Å². The third-order valence-corrected chi connectivity index (χ3v) is 3.12. The van der Waals surface area contributed by atoms with Crippen LogP contribution in [-0.2, 0) is 0 Å². The van der Waals surface area contributed by atoms with E-state index in [2.05, 4.69) is 5.32 Å². The summed E-state index contributed by atoms with van der Waals surface area (Å²) in [6, 6.07) is 3.07. The molecule has 2 rings (SSSR count). The van der Waals surface area contributed by atoms with Crippen molar-refractivity contribution in [2.45, 2.75) is 26.8 Å². The highest BCUT2D eigenvalue weighted by atomic mass is 35.5. The molecule has 2 nitrogen and oxygen atoms in total. The zero-order valence-corrected chi connectivity index (χ0v) is 10.9. The summed E-state index contributed by atoms with van der Waals surface area (Å²) in [5.41, 5.74) is 1.22. The zero-order chi connectivity index (χ0) is 12.6. The van der Waals surface area contributed by atoms with Gasteiger partial charge in [0.05, 0.1) is 6.04 Å². The third-order valence-electron chi connectivity index (χ3n) is 2.90. The highest BCUT2D eigenvalue weighted by molar-refractivity contribution is 6.31. The first-order valence-electron chi connectivity index (χ1n) is 5.66. The molecule has 0 saturated heterocycles. The molecule has 0 aliphatic rings. The van der Waals surface area contributed by atoms with Gasteiger partial charge in [-0.2, -0.15) is 0 Å². The predicted octanol–water partition coefficient (Wildman–Crippen LogP) is 4.20. The van der Waals surface area contributed by atoms with Crippen molar-refractivity contribution in [3.63, 3.8) is 0 Å². The Morgan fingerprint density at radius 2 is 2.18 bits per heavy atom. The SMILES string of the molecule is CCNC(C)c1oc2c(F)cc(Cl)cc2c1C. The third kappa shape index (κ3) is 2.17. The fraction of sp³-hybridized carbons (Fsp3) is 0.385. The monoisotopic (exact) mass is 255 g/mol. The summed E-state index contributed by atoms with van der Waals surface area (Å²) in [7, 11) is 0. The molecule has 0 amide bonds. The molecule has 1 N–H and O–H groups in total. The molecule has 0 aliphatic heterocycles. The summed E-state index contributed by atoms with van der Waals surface area (Å²) in [6.45, 7) is 6.77. The van der Waals surface area contributed by atoms with Gasteiger partial charge in [0, 0.05) is 16.0 Å². The summed E-state index contributed by atoms with van der Waals surface area (Å²) in [4.78, 5) is 0. The van der Waals surface area contributed by atoms with E-state index >= 15 is 0 Å². The summed E-state index contributed by atoms with van der Waals surface area (Å²) < 4.78 is 19.3. The van der Waals surface area contributed by atoms with Gasteiger partial charge in [0.1, 0.15) is 5.76 Å². The molecule has 0 saturated carbocycles. The second kappa shape index (κ2) is 4.67. The lowest BCUT2D eigenvalue weighted by Crippen LogP contribution is -2.17. The Kier molecular flexibility index (Phi) is 3.40. The number of nitrogens with one attached hydrogen (secondary N) is 1. The van der Waals surface area contributed by atoms with E-state index < -0.39 is 5.82 Å². The Labute approximate surface area is 105 Å². The predicted molar refractivity (Wildman–Crippen MR) is 68.0 cm³/mol. The molecule has 1 aromatic heterocycles. The number of rotatable bonds is 3. The van der Waals surface area contributed by atoms with Crippen molar-refractivity contribution in [2.24, 2.45) is 0 Å². The highest BCUT2D eigenvalue weighted by Crippen LogP contribution is 2.33. The summed E-state index contributed by atoms with van der Waals surface area (Å²) in [6.07, 6.45) is 0. The van der Waals surface area contributed by atoms with E-state index in [0.29, 0.717) is 5.02 Å². The van der Waals surface area contributed by atoms with E-state index in [1.807, 2.05) is 20.8 Å². The van der Waals surface area contributed by atoms with Crippen LogP contribution in [-0.4, -0.2) is 6.54 Å². The van der Waals surface area contributed by atoms with Gasteiger partial charge < -0.3 is 9.73 Å². The maximum Gasteiger partial charge on any atom is 0.170 e. The lowest BCUT2D eigenvalue weighted by Gasteiger charge is -2.09. The Morgan fingerprint density at radius 3 is 2.82 bits per heavy atom. The van der Waals surface area contributed by atoms with Gasteiger partial charge >= 0.3 is 0 Å².